The number of para-hydroxylation sites is 1. The first kappa shape index (κ1) is 9.98. The standard InChI is InChI=1S/C10H9ClN2O2/c1-14-8-5-3-2-4-7(8)10-13-12-9(6-11)15-10/h2-5H,6H2,1H3. The fraction of sp³-hybridized carbons (Fsp3) is 0.200. The second kappa shape index (κ2) is 4.31. The highest BCUT2D eigenvalue weighted by Crippen LogP contribution is 2.28. The molecule has 0 spiro atoms. The molecule has 4 nitrogen and oxygen atoms in total. The molecule has 0 aliphatic rings. The van der Waals surface area contributed by atoms with E-state index in [9.17, 15) is 0 Å². The predicted molar refractivity (Wildman–Crippen MR) is 55.8 cm³/mol. The Balaban J connectivity index is 2.44. The van der Waals surface area contributed by atoms with Crippen molar-refractivity contribution in [2.24, 2.45) is 0 Å². The molecule has 0 bridgehead atoms. The zero-order valence-corrected chi connectivity index (χ0v) is 8.86. The highest BCUT2D eigenvalue weighted by molar-refractivity contribution is 6.16. The van der Waals surface area contributed by atoms with E-state index in [0.717, 1.165) is 5.56 Å². The number of nitrogens with zero attached hydrogens (tertiary/aromatic N) is 2. The van der Waals surface area contributed by atoms with Crippen LogP contribution in [0.5, 0.6) is 5.75 Å². The third kappa shape index (κ3) is 1.94. The van der Waals surface area contributed by atoms with Crippen LogP contribution in [-0.2, 0) is 5.88 Å². The Labute approximate surface area is 91.8 Å². The minimum Gasteiger partial charge on any atom is -0.496 e. The van der Waals surface area contributed by atoms with Gasteiger partial charge in [-0.25, -0.2) is 0 Å². The Hall–Kier alpha value is -1.55. The van der Waals surface area contributed by atoms with Crippen LogP contribution in [0.4, 0.5) is 0 Å². The first-order valence-corrected chi connectivity index (χ1v) is 4.90. The lowest BCUT2D eigenvalue weighted by molar-refractivity contribution is 0.414. The van der Waals surface area contributed by atoms with Crippen molar-refractivity contribution in [3.05, 3.63) is 30.2 Å². The van der Waals surface area contributed by atoms with Gasteiger partial charge in [0.2, 0.25) is 5.89 Å². The van der Waals surface area contributed by atoms with Gasteiger partial charge >= 0.3 is 0 Å². The summed E-state index contributed by atoms with van der Waals surface area (Å²) in [7, 11) is 1.59. The SMILES string of the molecule is COc1ccccc1-c1nnc(CCl)o1. The topological polar surface area (TPSA) is 48.2 Å². The Kier molecular flexibility index (Phi) is 2.87. The van der Waals surface area contributed by atoms with Crippen LogP contribution in [0.15, 0.2) is 28.7 Å². The molecule has 0 atom stereocenters. The van der Waals surface area contributed by atoms with Gasteiger partial charge in [-0.1, -0.05) is 12.1 Å². The zero-order valence-electron chi connectivity index (χ0n) is 8.11. The van der Waals surface area contributed by atoms with Gasteiger partial charge in [-0.15, -0.1) is 21.8 Å². The van der Waals surface area contributed by atoms with E-state index in [2.05, 4.69) is 10.2 Å². The molecule has 2 aromatic rings. The van der Waals surface area contributed by atoms with Crippen LogP contribution in [-0.4, -0.2) is 17.3 Å². The number of alkyl halides is 1. The number of hydrogen-bond acceptors (Lipinski definition) is 4. The minimum absolute atomic E-state index is 0.210. The lowest BCUT2D eigenvalue weighted by Crippen LogP contribution is -1.87. The fourth-order valence-corrected chi connectivity index (χ4v) is 1.35. The molecule has 0 aliphatic heterocycles. The van der Waals surface area contributed by atoms with Gasteiger partial charge in [0.15, 0.2) is 0 Å². The number of rotatable bonds is 3. The monoisotopic (exact) mass is 224 g/mol. The average molecular weight is 225 g/mol. The maximum atomic E-state index is 5.57. The third-order valence-corrected chi connectivity index (χ3v) is 2.15. The van der Waals surface area contributed by atoms with Crippen LogP contribution in [0.2, 0.25) is 0 Å². The largest absolute Gasteiger partial charge is 0.496 e. The highest BCUT2D eigenvalue weighted by Gasteiger charge is 2.11. The summed E-state index contributed by atoms with van der Waals surface area (Å²) in [6.45, 7) is 0. The maximum Gasteiger partial charge on any atom is 0.251 e. The number of aromatic nitrogens is 2. The Morgan fingerprint density at radius 3 is 2.80 bits per heavy atom. The number of halogens is 1. The van der Waals surface area contributed by atoms with Crippen molar-refractivity contribution in [2.75, 3.05) is 7.11 Å². The predicted octanol–water partition coefficient (Wildman–Crippen LogP) is 2.48. The van der Waals surface area contributed by atoms with Gasteiger partial charge in [-0.05, 0) is 12.1 Å². The second-order valence-corrected chi connectivity index (χ2v) is 3.10. The summed E-state index contributed by atoms with van der Waals surface area (Å²) in [5.74, 6) is 1.73. The van der Waals surface area contributed by atoms with E-state index in [1.54, 1.807) is 7.11 Å². The molecule has 1 heterocycles. The third-order valence-electron chi connectivity index (χ3n) is 1.92. The summed E-state index contributed by atoms with van der Waals surface area (Å²) in [6, 6.07) is 7.44. The molecule has 0 radical (unpaired) electrons. The van der Waals surface area contributed by atoms with Crippen LogP contribution < -0.4 is 4.74 Å². The van der Waals surface area contributed by atoms with E-state index >= 15 is 0 Å². The first-order chi connectivity index (χ1) is 7.35. The summed E-state index contributed by atoms with van der Waals surface area (Å²) in [5.41, 5.74) is 0.767. The van der Waals surface area contributed by atoms with E-state index in [-0.39, 0.29) is 5.88 Å². The van der Waals surface area contributed by atoms with E-state index in [1.807, 2.05) is 24.3 Å². The van der Waals surface area contributed by atoms with Crippen molar-refractivity contribution in [1.29, 1.82) is 0 Å². The lowest BCUT2D eigenvalue weighted by Gasteiger charge is -2.02. The van der Waals surface area contributed by atoms with Crippen molar-refractivity contribution in [2.45, 2.75) is 5.88 Å². The van der Waals surface area contributed by atoms with E-state index < -0.39 is 0 Å². The van der Waals surface area contributed by atoms with Gasteiger partial charge in [0.1, 0.15) is 11.6 Å². The van der Waals surface area contributed by atoms with Gasteiger partial charge in [-0.3, -0.25) is 0 Å². The van der Waals surface area contributed by atoms with Crippen LogP contribution >= 0.6 is 11.6 Å². The van der Waals surface area contributed by atoms with Crippen LogP contribution in [0, 0.1) is 0 Å². The first-order valence-electron chi connectivity index (χ1n) is 4.37. The molecule has 0 saturated heterocycles. The van der Waals surface area contributed by atoms with E-state index in [1.165, 1.54) is 0 Å². The summed E-state index contributed by atoms with van der Waals surface area (Å²) in [5, 5.41) is 7.67. The van der Waals surface area contributed by atoms with Crippen molar-refractivity contribution in [3.63, 3.8) is 0 Å². The number of ether oxygens (including phenoxy) is 1. The molecular weight excluding hydrogens is 216 g/mol. The summed E-state index contributed by atoms with van der Waals surface area (Å²) >= 11 is 5.57. The average Bonchev–Trinajstić information content (AvgIpc) is 2.77. The summed E-state index contributed by atoms with van der Waals surface area (Å²) in [6.07, 6.45) is 0. The van der Waals surface area contributed by atoms with Crippen molar-refractivity contribution in [3.8, 4) is 17.2 Å². The molecule has 0 unspecified atom stereocenters. The van der Waals surface area contributed by atoms with Crippen molar-refractivity contribution in [1.82, 2.24) is 10.2 Å². The number of benzene rings is 1. The van der Waals surface area contributed by atoms with E-state index in [0.29, 0.717) is 17.5 Å². The van der Waals surface area contributed by atoms with Crippen LogP contribution in [0.25, 0.3) is 11.5 Å². The van der Waals surface area contributed by atoms with Crippen molar-refractivity contribution < 1.29 is 9.15 Å². The Morgan fingerprint density at radius 2 is 2.13 bits per heavy atom. The van der Waals surface area contributed by atoms with Gasteiger partial charge in [-0.2, -0.15) is 0 Å². The molecule has 0 aliphatic carbocycles. The normalized spacial score (nSPS) is 10.3. The van der Waals surface area contributed by atoms with Gasteiger partial charge in [0.25, 0.3) is 5.89 Å². The van der Waals surface area contributed by atoms with E-state index in [4.69, 9.17) is 20.8 Å². The molecule has 78 valence electrons. The van der Waals surface area contributed by atoms with Crippen LogP contribution in [0.3, 0.4) is 0 Å². The quantitative estimate of drug-likeness (QED) is 0.752. The fourth-order valence-electron chi connectivity index (χ4n) is 1.24. The molecule has 0 amide bonds. The highest BCUT2D eigenvalue weighted by atomic mass is 35.5. The molecule has 0 N–H and O–H groups in total. The number of hydrogen-bond donors (Lipinski definition) is 0. The maximum absolute atomic E-state index is 5.57. The zero-order chi connectivity index (χ0) is 10.7. The summed E-state index contributed by atoms with van der Waals surface area (Å²) in [4.78, 5) is 0. The smallest absolute Gasteiger partial charge is 0.251 e. The Bertz CT molecular complexity index is 456. The summed E-state index contributed by atoms with van der Waals surface area (Å²) < 4.78 is 10.5. The molecule has 15 heavy (non-hydrogen) atoms. The van der Waals surface area contributed by atoms with Crippen molar-refractivity contribution >= 4 is 11.6 Å². The number of methoxy groups -OCH3 is 1. The molecule has 0 fully saturated rings. The molecule has 5 heteroatoms. The molecule has 0 saturated carbocycles. The molecule has 1 aromatic carbocycles. The van der Waals surface area contributed by atoms with Gasteiger partial charge in [0, 0.05) is 0 Å². The van der Waals surface area contributed by atoms with Crippen LogP contribution in [0.1, 0.15) is 5.89 Å². The van der Waals surface area contributed by atoms with Gasteiger partial charge in [0.05, 0.1) is 12.7 Å². The lowest BCUT2D eigenvalue weighted by atomic mass is 10.2. The molecule has 2 rings (SSSR count). The molecule has 1 aromatic heterocycles. The Morgan fingerprint density at radius 1 is 1.33 bits per heavy atom. The second-order valence-electron chi connectivity index (χ2n) is 2.83. The minimum atomic E-state index is 0.210. The van der Waals surface area contributed by atoms with Gasteiger partial charge < -0.3 is 9.15 Å². The molecular formula is C10H9ClN2O2.